The zero-order valence-corrected chi connectivity index (χ0v) is 16.3. The fourth-order valence-electron chi connectivity index (χ4n) is 3.02. The van der Waals surface area contributed by atoms with E-state index in [1.807, 2.05) is 54.9 Å². The van der Waals surface area contributed by atoms with E-state index < -0.39 is 0 Å². The second-order valence-corrected chi connectivity index (χ2v) is 8.44. The average molecular weight is 392 g/mol. The fourth-order valence-corrected chi connectivity index (χ4v) is 4.51. The van der Waals surface area contributed by atoms with Crippen LogP contribution < -0.4 is 5.32 Å². The average Bonchev–Trinajstić information content (AvgIpc) is 2.72. The van der Waals surface area contributed by atoms with Crippen molar-refractivity contribution in [3.05, 3.63) is 78.2 Å². The van der Waals surface area contributed by atoms with Gasteiger partial charge >= 0.3 is 0 Å². The minimum Gasteiger partial charge on any atom is -0.348 e. The zero-order chi connectivity index (χ0) is 18.6. The summed E-state index contributed by atoms with van der Waals surface area (Å²) in [6, 6.07) is 15.8. The van der Waals surface area contributed by atoms with Gasteiger partial charge in [0.25, 0.3) is 5.91 Å². The molecule has 0 fully saturated rings. The summed E-state index contributed by atoms with van der Waals surface area (Å²) in [5.74, 6) is -0.0972. The maximum atomic E-state index is 12.8. The maximum Gasteiger partial charge on any atom is 0.252 e. The largest absolute Gasteiger partial charge is 0.348 e. The van der Waals surface area contributed by atoms with Gasteiger partial charge in [-0.2, -0.15) is 0 Å². The molecule has 0 radical (unpaired) electrons. The van der Waals surface area contributed by atoms with Gasteiger partial charge in [0.1, 0.15) is 0 Å². The van der Waals surface area contributed by atoms with Crippen molar-refractivity contribution in [2.24, 2.45) is 0 Å². The number of carbonyl (C=O) groups excluding carboxylic acids is 1. The molecule has 27 heavy (non-hydrogen) atoms. The van der Waals surface area contributed by atoms with E-state index in [-0.39, 0.29) is 5.91 Å². The van der Waals surface area contributed by atoms with Crippen LogP contribution in [0.4, 0.5) is 0 Å². The molecule has 1 amide bonds. The predicted octanol–water partition coefficient (Wildman–Crippen LogP) is 5.08. The number of nitrogens with one attached hydrogen (secondary N) is 1. The van der Waals surface area contributed by atoms with Crippen molar-refractivity contribution in [2.45, 2.75) is 11.4 Å². The summed E-state index contributed by atoms with van der Waals surface area (Å²) in [6.45, 7) is 0.465. The first-order valence-electron chi connectivity index (χ1n) is 8.45. The Labute approximate surface area is 165 Å². The van der Waals surface area contributed by atoms with E-state index in [1.54, 1.807) is 34.0 Å². The summed E-state index contributed by atoms with van der Waals surface area (Å²) >= 11 is 0. The molecule has 134 valence electrons. The van der Waals surface area contributed by atoms with E-state index in [1.165, 1.54) is 0 Å². The van der Waals surface area contributed by atoms with Crippen LogP contribution in [-0.2, 0) is 6.54 Å². The summed E-state index contributed by atoms with van der Waals surface area (Å²) < 4.78 is 0. The molecular weight excluding hydrogens is 374 g/mol. The molecule has 2 heterocycles. The van der Waals surface area contributed by atoms with Crippen LogP contribution in [0.15, 0.2) is 72.0 Å². The lowest BCUT2D eigenvalue weighted by Gasteiger charge is -2.10. The third-order valence-corrected chi connectivity index (χ3v) is 6.02. The van der Waals surface area contributed by atoms with Crippen LogP contribution in [0.3, 0.4) is 0 Å². The third kappa shape index (κ3) is 3.77. The molecule has 0 bridgehead atoms. The summed E-state index contributed by atoms with van der Waals surface area (Å²) in [6.07, 6.45) is 7.40. The molecule has 4 aromatic rings. The van der Waals surface area contributed by atoms with Crippen LogP contribution in [0.5, 0.6) is 0 Å². The number of hydrogen-bond donors (Lipinski definition) is 1. The Morgan fingerprint density at radius 2 is 2.00 bits per heavy atom. The molecule has 1 N–H and O–H groups in total. The summed E-state index contributed by atoms with van der Waals surface area (Å²) in [7, 11) is 3.32. The van der Waals surface area contributed by atoms with E-state index >= 15 is 0 Å². The molecule has 0 saturated carbocycles. The molecule has 0 aliphatic carbocycles. The van der Waals surface area contributed by atoms with Gasteiger partial charge in [-0.3, -0.25) is 14.8 Å². The van der Waals surface area contributed by atoms with Gasteiger partial charge in [0.15, 0.2) is 0 Å². The number of pyridine rings is 2. The zero-order valence-electron chi connectivity index (χ0n) is 14.7. The third-order valence-electron chi connectivity index (χ3n) is 4.31. The molecule has 0 unspecified atom stereocenters. The minimum atomic E-state index is -0.0972. The van der Waals surface area contributed by atoms with Crippen molar-refractivity contribution in [2.75, 3.05) is 6.26 Å². The van der Waals surface area contributed by atoms with Crippen molar-refractivity contribution in [3.8, 4) is 0 Å². The van der Waals surface area contributed by atoms with Crippen LogP contribution in [0, 0.1) is 0 Å². The Morgan fingerprint density at radius 1 is 1.07 bits per heavy atom. The number of fused-ring (bicyclic) bond motifs is 2. The van der Waals surface area contributed by atoms with E-state index in [9.17, 15) is 4.79 Å². The SMILES string of the molecule is CSSc1ccc(C(=O)NCc2ccc3ccncc3c2)c2cccnc12. The minimum absolute atomic E-state index is 0.0972. The van der Waals surface area contributed by atoms with Crippen LogP contribution in [0.2, 0.25) is 0 Å². The number of carbonyl (C=O) groups is 1. The summed E-state index contributed by atoms with van der Waals surface area (Å²) in [5.41, 5.74) is 2.55. The molecule has 4 nitrogen and oxygen atoms in total. The van der Waals surface area contributed by atoms with Crippen molar-refractivity contribution in [1.82, 2.24) is 15.3 Å². The molecular formula is C21H17N3OS2. The Morgan fingerprint density at radius 3 is 2.89 bits per heavy atom. The molecule has 0 atom stereocenters. The monoisotopic (exact) mass is 391 g/mol. The van der Waals surface area contributed by atoms with Gasteiger partial charge in [-0.15, -0.1) is 0 Å². The van der Waals surface area contributed by atoms with Gasteiger partial charge in [-0.05, 0) is 47.5 Å². The standard InChI is InChI=1S/C21H17N3OS2/c1-26-27-19-7-6-18(17-3-2-9-23-20(17)19)21(25)24-12-14-4-5-15-8-10-22-13-16(15)11-14/h2-11,13H,12H2,1H3,(H,24,25). The van der Waals surface area contributed by atoms with Gasteiger partial charge in [0.2, 0.25) is 0 Å². The second kappa shape index (κ2) is 7.98. The molecule has 0 spiro atoms. The van der Waals surface area contributed by atoms with E-state index in [4.69, 9.17) is 0 Å². The van der Waals surface area contributed by atoms with Crippen molar-refractivity contribution < 1.29 is 4.79 Å². The van der Waals surface area contributed by atoms with E-state index in [0.717, 1.165) is 32.1 Å². The topological polar surface area (TPSA) is 54.9 Å². The maximum absolute atomic E-state index is 12.8. The lowest BCUT2D eigenvalue weighted by atomic mass is 10.1. The van der Waals surface area contributed by atoms with Crippen molar-refractivity contribution >= 4 is 49.2 Å². The Hall–Kier alpha value is -2.57. The highest BCUT2D eigenvalue weighted by molar-refractivity contribution is 8.76. The lowest BCUT2D eigenvalue weighted by Crippen LogP contribution is -2.23. The Balaban J connectivity index is 1.58. The van der Waals surface area contributed by atoms with E-state index in [0.29, 0.717) is 12.1 Å². The van der Waals surface area contributed by atoms with Gasteiger partial charge in [-0.1, -0.05) is 39.8 Å². The van der Waals surface area contributed by atoms with Crippen LogP contribution in [-0.4, -0.2) is 22.1 Å². The molecule has 2 aromatic carbocycles. The Kier molecular flexibility index (Phi) is 5.27. The van der Waals surface area contributed by atoms with E-state index in [2.05, 4.69) is 21.4 Å². The number of nitrogens with zero attached hydrogens (tertiary/aromatic N) is 2. The smallest absolute Gasteiger partial charge is 0.252 e. The predicted molar refractivity (Wildman–Crippen MR) is 114 cm³/mol. The molecule has 0 aliphatic heterocycles. The highest BCUT2D eigenvalue weighted by Gasteiger charge is 2.13. The summed E-state index contributed by atoms with van der Waals surface area (Å²) in [5, 5.41) is 6.10. The lowest BCUT2D eigenvalue weighted by molar-refractivity contribution is 0.0952. The normalized spacial score (nSPS) is 11.0. The molecule has 4 rings (SSSR count). The van der Waals surface area contributed by atoms with Crippen molar-refractivity contribution in [3.63, 3.8) is 0 Å². The first-order valence-corrected chi connectivity index (χ1v) is 11.0. The van der Waals surface area contributed by atoms with Gasteiger partial charge in [0, 0.05) is 46.4 Å². The number of rotatable bonds is 5. The molecule has 0 saturated heterocycles. The number of hydrogen-bond acceptors (Lipinski definition) is 5. The van der Waals surface area contributed by atoms with Gasteiger partial charge < -0.3 is 5.32 Å². The van der Waals surface area contributed by atoms with Crippen LogP contribution in [0.1, 0.15) is 15.9 Å². The highest BCUT2D eigenvalue weighted by Crippen LogP contribution is 2.34. The number of aromatic nitrogens is 2. The van der Waals surface area contributed by atoms with Crippen LogP contribution >= 0.6 is 21.6 Å². The molecule has 0 aliphatic rings. The first-order chi connectivity index (χ1) is 13.3. The number of benzene rings is 2. The van der Waals surface area contributed by atoms with Gasteiger partial charge in [-0.25, -0.2) is 0 Å². The highest BCUT2D eigenvalue weighted by atomic mass is 33.1. The number of amides is 1. The summed E-state index contributed by atoms with van der Waals surface area (Å²) in [4.78, 5) is 22.5. The first kappa shape index (κ1) is 17.8. The van der Waals surface area contributed by atoms with Crippen molar-refractivity contribution in [1.29, 1.82) is 0 Å². The Bertz CT molecular complexity index is 1130. The molecule has 6 heteroatoms. The van der Waals surface area contributed by atoms with Crippen LogP contribution in [0.25, 0.3) is 21.7 Å². The second-order valence-electron chi connectivity index (χ2n) is 6.00. The molecule has 2 aromatic heterocycles. The fraction of sp³-hybridized carbons (Fsp3) is 0.0952. The quantitative estimate of drug-likeness (QED) is 0.481. The van der Waals surface area contributed by atoms with Gasteiger partial charge in [0.05, 0.1) is 5.52 Å².